The quantitative estimate of drug-likeness (QED) is 0.373. The van der Waals surface area contributed by atoms with Gasteiger partial charge >= 0.3 is 11.9 Å². The zero-order valence-electron chi connectivity index (χ0n) is 17.4. The van der Waals surface area contributed by atoms with Gasteiger partial charge in [-0.1, -0.05) is 11.5 Å². The predicted octanol–water partition coefficient (Wildman–Crippen LogP) is 1.98. The van der Waals surface area contributed by atoms with Crippen LogP contribution in [-0.4, -0.2) is 46.1 Å². The summed E-state index contributed by atoms with van der Waals surface area (Å²) in [6, 6.07) is 13.1. The topological polar surface area (TPSA) is 127 Å². The molecule has 0 amide bonds. The largest absolute Gasteiger partial charge is 0.494 e. The summed E-state index contributed by atoms with van der Waals surface area (Å²) < 4.78 is 14.4. The second kappa shape index (κ2) is 10.7. The van der Waals surface area contributed by atoms with Crippen LogP contribution in [0.1, 0.15) is 20.7 Å². The van der Waals surface area contributed by atoms with E-state index in [2.05, 4.69) is 9.72 Å². The maximum absolute atomic E-state index is 11.6. The molecule has 8 nitrogen and oxygen atoms in total. The number of carbonyl (C=O) groups excluding carboxylic acids is 2. The van der Waals surface area contributed by atoms with Gasteiger partial charge in [0, 0.05) is 23.1 Å². The van der Waals surface area contributed by atoms with Crippen LogP contribution in [0.4, 0.5) is 11.4 Å². The highest BCUT2D eigenvalue weighted by Crippen LogP contribution is 2.29. The van der Waals surface area contributed by atoms with Crippen LogP contribution >= 0.6 is 0 Å². The standard InChI is InChI=1S/C14H14N2O3.C8H8BNO2/c1-18-12-4-3-5-16-13(12)9-6-10(14(17)19-2)8-11(15)7-9;1-12-8(11)5-2-6(9)4-7(10)3-5/h3-8H,15H2,1-2H3;2-4H,10H2,1H3. The number of benzene rings is 2. The van der Waals surface area contributed by atoms with Gasteiger partial charge < -0.3 is 25.7 Å². The normalized spacial score (nSPS) is 9.77. The number of nitrogen functional groups attached to an aromatic ring is 2. The van der Waals surface area contributed by atoms with E-state index in [1.165, 1.54) is 26.4 Å². The molecular formula is C22H22BN3O5. The lowest BCUT2D eigenvalue weighted by Gasteiger charge is -2.09. The fourth-order valence-electron chi connectivity index (χ4n) is 2.71. The summed E-state index contributed by atoms with van der Waals surface area (Å²) in [6.07, 6.45) is 1.65. The molecule has 1 heterocycles. The van der Waals surface area contributed by atoms with E-state index in [-0.39, 0.29) is 0 Å². The van der Waals surface area contributed by atoms with Crippen molar-refractivity contribution in [1.82, 2.24) is 4.98 Å². The Hall–Kier alpha value is -4.01. The molecule has 2 radical (unpaired) electrons. The molecule has 0 fully saturated rings. The number of methoxy groups -OCH3 is 3. The Kier molecular flexibility index (Phi) is 8.02. The minimum atomic E-state index is -0.441. The predicted molar refractivity (Wildman–Crippen MR) is 120 cm³/mol. The lowest BCUT2D eigenvalue weighted by atomic mass is 9.94. The Morgan fingerprint density at radius 1 is 0.871 bits per heavy atom. The van der Waals surface area contributed by atoms with Gasteiger partial charge in [0.25, 0.3) is 0 Å². The SMILES string of the molecule is COC(=O)c1cc(N)cc(-c2ncccc2OC)c1.[B]c1cc(N)cc(C(=O)OC)c1. The fourth-order valence-corrected chi connectivity index (χ4v) is 2.71. The molecule has 3 aromatic rings. The maximum Gasteiger partial charge on any atom is 0.337 e. The Bertz CT molecular complexity index is 1070. The van der Waals surface area contributed by atoms with Gasteiger partial charge in [-0.05, 0) is 42.5 Å². The van der Waals surface area contributed by atoms with Crippen LogP contribution in [0.2, 0.25) is 0 Å². The maximum atomic E-state index is 11.6. The fraction of sp³-hybridized carbons (Fsp3) is 0.136. The average molecular weight is 419 g/mol. The lowest BCUT2D eigenvalue weighted by molar-refractivity contribution is 0.0592. The monoisotopic (exact) mass is 419 g/mol. The molecule has 3 rings (SSSR count). The number of nitrogens with zero attached hydrogens (tertiary/aromatic N) is 1. The average Bonchev–Trinajstić information content (AvgIpc) is 2.77. The summed E-state index contributed by atoms with van der Waals surface area (Å²) in [7, 11) is 9.66. The Labute approximate surface area is 181 Å². The molecule has 4 N–H and O–H groups in total. The Balaban J connectivity index is 0.000000245. The van der Waals surface area contributed by atoms with Crippen LogP contribution in [-0.2, 0) is 9.47 Å². The molecule has 31 heavy (non-hydrogen) atoms. The number of pyridine rings is 1. The number of anilines is 2. The zero-order chi connectivity index (χ0) is 23.0. The molecule has 0 saturated heterocycles. The summed E-state index contributed by atoms with van der Waals surface area (Å²) in [5.41, 5.74) is 14.7. The molecule has 0 aliphatic rings. The molecule has 0 spiro atoms. The molecule has 158 valence electrons. The van der Waals surface area contributed by atoms with E-state index >= 15 is 0 Å². The highest BCUT2D eigenvalue weighted by Gasteiger charge is 2.12. The number of carbonyl (C=O) groups is 2. The highest BCUT2D eigenvalue weighted by molar-refractivity contribution is 6.33. The number of ether oxygens (including phenoxy) is 3. The molecule has 0 saturated carbocycles. The molecule has 1 aromatic heterocycles. The molecule has 0 aliphatic heterocycles. The molecule has 0 atom stereocenters. The van der Waals surface area contributed by atoms with Gasteiger partial charge in [0.1, 0.15) is 19.3 Å². The molecule has 0 bridgehead atoms. The Morgan fingerprint density at radius 3 is 2.00 bits per heavy atom. The minimum absolute atomic E-state index is 0.370. The number of hydrogen-bond acceptors (Lipinski definition) is 8. The Morgan fingerprint density at radius 2 is 1.45 bits per heavy atom. The van der Waals surface area contributed by atoms with E-state index in [1.807, 2.05) is 0 Å². The smallest absolute Gasteiger partial charge is 0.337 e. The summed E-state index contributed by atoms with van der Waals surface area (Å²) >= 11 is 0. The van der Waals surface area contributed by atoms with E-state index in [4.69, 9.17) is 28.8 Å². The van der Waals surface area contributed by atoms with Gasteiger partial charge in [0.05, 0.1) is 32.5 Å². The molecular weight excluding hydrogens is 397 g/mol. The van der Waals surface area contributed by atoms with Crippen molar-refractivity contribution in [1.29, 1.82) is 0 Å². The van der Waals surface area contributed by atoms with Crippen molar-refractivity contribution in [2.24, 2.45) is 0 Å². The minimum Gasteiger partial charge on any atom is -0.494 e. The number of nitrogens with two attached hydrogens (primary N) is 2. The van der Waals surface area contributed by atoms with E-state index in [9.17, 15) is 9.59 Å². The number of aromatic nitrogens is 1. The summed E-state index contributed by atoms with van der Waals surface area (Å²) in [5, 5.41) is 0. The van der Waals surface area contributed by atoms with Crippen molar-refractivity contribution in [3.8, 4) is 17.0 Å². The van der Waals surface area contributed by atoms with Gasteiger partial charge in [0.15, 0.2) is 0 Å². The van der Waals surface area contributed by atoms with Crippen molar-refractivity contribution >= 4 is 36.6 Å². The third kappa shape index (κ3) is 6.23. The van der Waals surface area contributed by atoms with Crippen LogP contribution in [0.5, 0.6) is 5.75 Å². The van der Waals surface area contributed by atoms with Crippen LogP contribution < -0.4 is 21.7 Å². The summed E-state index contributed by atoms with van der Waals surface area (Å²) in [5.74, 6) is -0.263. The number of esters is 2. The van der Waals surface area contributed by atoms with Gasteiger partial charge in [-0.2, -0.15) is 0 Å². The van der Waals surface area contributed by atoms with E-state index < -0.39 is 11.9 Å². The van der Waals surface area contributed by atoms with Crippen LogP contribution in [0.25, 0.3) is 11.3 Å². The van der Waals surface area contributed by atoms with Crippen molar-refractivity contribution in [3.05, 3.63) is 65.9 Å². The van der Waals surface area contributed by atoms with Gasteiger partial charge in [-0.3, -0.25) is 4.98 Å². The van der Waals surface area contributed by atoms with Crippen molar-refractivity contribution < 1.29 is 23.8 Å². The van der Waals surface area contributed by atoms with E-state index in [1.54, 1.807) is 49.7 Å². The second-order valence-electron chi connectivity index (χ2n) is 6.27. The van der Waals surface area contributed by atoms with Gasteiger partial charge in [0.2, 0.25) is 0 Å². The first-order valence-corrected chi connectivity index (χ1v) is 9.01. The van der Waals surface area contributed by atoms with Crippen LogP contribution in [0.3, 0.4) is 0 Å². The number of hydrogen-bond donors (Lipinski definition) is 2. The van der Waals surface area contributed by atoms with E-state index in [0.717, 1.165) is 0 Å². The molecule has 0 aliphatic carbocycles. The zero-order valence-corrected chi connectivity index (χ0v) is 17.4. The van der Waals surface area contributed by atoms with Crippen LogP contribution in [0.15, 0.2) is 54.7 Å². The molecule has 2 aromatic carbocycles. The van der Waals surface area contributed by atoms with Gasteiger partial charge in [-0.25, -0.2) is 9.59 Å². The third-order valence-corrected chi connectivity index (χ3v) is 4.04. The second-order valence-corrected chi connectivity index (χ2v) is 6.27. The van der Waals surface area contributed by atoms with Crippen molar-refractivity contribution in [2.45, 2.75) is 0 Å². The molecule has 9 heteroatoms. The van der Waals surface area contributed by atoms with Crippen molar-refractivity contribution in [2.75, 3.05) is 32.8 Å². The van der Waals surface area contributed by atoms with E-state index in [0.29, 0.717) is 45.0 Å². The summed E-state index contributed by atoms with van der Waals surface area (Å²) in [6.45, 7) is 0. The first kappa shape index (κ1) is 23.3. The summed E-state index contributed by atoms with van der Waals surface area (Å²) in [4.78, 5) is 26.8. The first-order chi connectivity index (χ1) is 14.8. The lowest BCUT2D eigenvalue weighted by Crippen LogP contribution is -2.10. The van der Waals surface area contributed by atoms with Crippen molar-refractivity contribution in [3.63, 3.8) is 0 Å². The molecule has 0 unspecified atom stereocenters. The third-order valence-electron chi connectivity index (χ3n) is 4.04. The first-order valence-electron chi connectivity index (χ1n) is 9.01. The highest BCUT2D eigenvalue weighted by atomic mass is 16.5. The van der Waals surface area contributed by atoms with Gasteiger partial charge in [-0.15, -0.1) is 0 Å². The van der Waals surface area contributed by atoms with Crippen LogP contribution in [0, 0.1) is 0 Å². The number of rotatable bonds is 4.